The monoisotopic (exact) mass is 638 g/mol. The van der Waals surface area contributed by atoms with Crippen LogP contribution in [0.2, 0.25) is 0 Å². The number of piperidine rings is 1. The van der Waals surface area contributed by atoms with Gasteiger partial charge in [-0.15, -0.1) is 0 Å². The number of nitrogens with zero attached hydrogens (tertiary/aromatic N) is 2. The number of fused-ring (bicyclic) bond motifs is 1. The summed E-state index contributed by atoms with van der Waals surface area (Å²) in [5.74, 6) is -1.22. The van der Waals surface area contributed by atoms with Crippen molar-refractivity contribution in [3.63, 3.8) is 0 Å². The highest BCUT2D eigenvalue weighted by Crippen LogP contribution is 2.55. The van der Waals surface area contributed by atoms with Crippen LogP contribution in [0.25, 0.3) is 0 Å². The van der Waals surface area contributed by atoms with Gasteiger partial charge in [0.2, 0.25) is 17.7 Å². The lowest BCUT2D eigenvalue weighted by atomic mass is 9.74. The van der Waals surface area contributed by atoms with E-state index in [0.717, 1.165) is 69.3 Å². The van der Waals surface area contributed by atoms with Crippen LogP contribution in [0.3, 0.4) is 0 Å². The van der Waals surface area contributed by atoms with E-state index < -0.39 is 29.6 Å². The second kappa shape index (κ2) is 13.6. The third-order valence-corrected chi connectivity index (χ3v) is 11.6. The third kappa shape index (κ3) is 6.39. The lowest BCUT2D eigenvalue weighted by Gasteiger charge is -2.35. The molecule has 0 aromatic heterocycles. The quantitative estimate of drug-likeness (QED) is 0.350. The Hall–Kier alpha value is -3.49. The first-order valence-electron chi connectivity index (χ1n) is 17.9. The Morgan fingerprint density at radius 2 is 1.68 bits per heavy atom. The van der Waals surface area contributed by atoms with E-state index in [0.29, 0.717) is 18.2 Å². The topological polar surface area (TPSA) is 91.0 Å². The molecule has 7 rings (SSSR count). The smallest absolute Gasteiger partial charge is 0.246 e. The van der Waals surface area contributed by atoms with Crippen molar-refractivity contribution in [3.05, 3.63) is 77.4 Å². The second-order valence-electron chi connectivity index (χ2n) is 14.7. The van der Waals surface area contributed by atoms with E-state index in [4.69, 9.17) is 4.74 Å². The number of hydrogen-bond donors (Lipinski definition) is 2. The summed E-state index contributed by atoms with van der Waals surface area (Å²) in [7, 11) is 0. The molecule has 4 fully saturated rings. The van der Waals surface area contributed by atoms with E-state index in [1.165, 1.54) is 24.8 Å². The molecule has 8 heteroatoms. The Morgan fingerprint density at radius 1 is 0.915 bits per heavy atom. The Bertz CT molecular complexity index is 1500. The minimum atomic E-state index is -1.12. The fraction of sp³-hybridized carbons (Fsp3) is 0.564. The van der Waals surface area contributed by atoms with Gasteiger partial charge in [-0.3, -0.25) is 14.4 Å². The van der Waals surface area contributed by atoms with Crippen molar-refractivity contribution in [2.45, 2.75) is 95.4 Å². The van der Waals surface area contributed by atoms with Gasteiger partial charge in [0.1, 0.15) is 11.6 Å². The van der Waals surface area contributed by atoms with E-state index >= 15 is 0 Å². The average Bonchev–Trinajstić information content (AvgIpc) is 3.72. The molecule has 47 heavy (non-hydrogen) atoms. The Morgan fingerprint density at radius 3 is 2.43 bits per heavy atom. The summed E-state index contributed by atoms with van der Waals surface area (Å²) in [4.78, 5) is 46.6. The highest BCUT2D eigenvalue weighted by Gasteiger charge is 2.72. The van der Waals surface area contributed by atoms with Crippen LogP contribution >= 0.6 is 0 Å². The number of nitrogens with one attached hydrogen (secondary N) is 2. The van der Waals surface area contributed by atoms with Gasteiger partial charge in [0.05, 0.1) is 17.9 Å². The Balaban J connectivity index is 1.04. The van der Waals surface area contributed by atoms with Crippen molar-refractivity contribution >= 4 is 23.4 Å². The SMILES string of the molecule is Cc1ccc(NC(=O)C2[C@H]3C=CC4(O3)C(C(=O)NC3CCCCC3)N(CCCN3CCC(Cc5ccccc5)CC3)C(=O)[C@@H]24)cc1C. The molecule has 3 saturated heterocycles. The van der Waals surface area contributed by atoms with E-state index in [1.54, 1.807) is 4.90 Å². The number of amides is 3. The van der Waals surface area contributed by atoms with Crippen molar-refractivity contribution in [2.24, 2.45) is 17.8 Å². The first-order valence-corrected chi connectivity index (χ1v) is 17.9. The van der Waals surface area contributed by atoms with Gasteiger partial charge in [-0.2, -0.15) is 0 Å². The maximum Gasteiger partial charge on any atom is 0.246 e. The van der Waals surface area contributed by atoms with Gasteiger partial charge in [-0.1, -0.05) is 67.8 Å². The van der Waals surface area contributed by atoms with E-state index in [1.807, 2.05) is 44.2 Å². The number of carbonyl (C=O) groups is 3. The van der Waals surface area contributed by atoms with Gasteiger partial charge >= 0.3 is 0 Å². The van der Waals surface area contributed by atoms with Gasteiger partial charge in [-0.05, 0) is 107 Å². The normalized spacial score (nSPS) is 29.3. The number of aryl methyl sites for hydroxylation is 2. The van der Waals surface area contributed by atoms with Crippen molar-refractivity contribution in [1.29, 1.82) is 0 Å². The Labute approximate surface area is 279 Å². The molecule has 8 nitrogen and oxygen atoms in total. The van der Waals surface area contributed by atoms with Crippen molar-refractivity contribution in [1.82, 2.24) is 15.1 Å². The number of carbonyl (C=O) groups excluding carboxylic acids is 3. The number of ether oxygens (including phenoxy) is 1. The molecule has 4 heterocycles. The molecule has 1 aliphatic carbocycles. The largest absolute Gasteiger partial charge is 0.359 e. The summed E-state index contributed by atoms with van der Waals surface area (Å²) in [5, 5.41) is 6.37. The minimum absolute atomic E-state index is 0.118. The van der Waals surface area contributed by atoms with Crippen molar-refractivity contribution in [3.8, 4) is 0 Å². The highest BCUT2D eigenvalue weighted by molar-refractivity contribution is 6.02. The predicted molar refractivity (Wildman–Crippen MR) is 183 cm³/mol. The summed E-state index contributed by atoms with van der Waals surface area (Å²) < 4.78 is 6.57. The minimum Gasteiger partial charge on any atom is -0.359 e. The summed E-state index contributed by atoms with van der Waals surface area (Å²) in [6.45, 7) is 7.52. The van der Waals surface area contributed by atoms with Crippen molar-refractivity contribution < 1.29 is 19.1 Å². The molecule has 5 aliphatic rings. The fourth-order valence-electron chi connectivity index (χ4n) is 8.91. The molecular formula is C39H50N4O4. The van der Waals surface area contributed by atoms with Gasteiger partial charge in [-0.25, -0.2) is 0 Å². The lowest BCUT2D eigenvalue weighted by molar-refractivity contribution is -0.141. The van der Waals surface area contributed by atoms with Crippen LogP contribution in [0.4, 0.5) is 5.69 Å². The van der Waals surface area contributed by atoms with Crippen LogP contribution in [-0.2, 0) is 25.5 Å². The maximum absolute atomic E-state index is 14.4. The van der Waals surface area contributed by atoms with Gasteiger partial charge in [0, 0.05) is 18.3 Å². The predicted octanol–water partition coefficient (Wildman–Crippen LogP) is 5.19. The number of anilines is 1. The molecule has 3 amide bonds. The average molecular weight is 639 g/mol. The van der Waals surface area contributed by atoms with Crippen LogP contribution < -0.4 is 10.6 Å². The van der Waals surface area contributed by atoms with Gasteiger partial charge in [0.25, 0.3) is 0 Å². The molecule has 1 spiro atoms. The first kappa shape index (κ1) is 32.1. The maximum atomic E-state index is 14.4. The zero-order valence-corrected chi connectivity index (χ0v) is 28.0. The summed E-state index contributed by atoms with van der Waals surface area (Å²) in [6.07, 6.45) is 12.9. The summed E-state index contributed by atoms with van der Waals surface area (Å²) >= 11 is 0. The molecule has 5 atom stereocenters. The molecule has 2 bridgehead atoms. The number of rotatable bonds is 10. The Kier molecular flexibility index (Phi) is 9.25. The summed E-state index contributed by atoms with van der Waals surface area (Å²) in [6, 6.07) is 15.9. The zero-order chi connectivity index (χ0) is 32.5. The molecule has 250 valence electrons. The molecular weight excluding hydrogens is 588 g/mol. The van der Waals surface area contributed by atoms with E-state index in [9.17, 15) is 14.4 Å². The number of hydrogen-bond acceptors (Lipinski definition) is 5. The molecule has 1 saturated carbocycles. The van der Waals surface area contributed by atoms with Crippen LogP contribution in [0.5, 0.6) is 0 Å². The molecule has 3 unspecified atom stereocenters. The second-order valence-corrected chi connectivity index (χ2v) is 14.7. The van der Waals surface area contributed by atoms with Crippen LogP contribution in [0.1, 0.15) is 68.1 Å². The van der Waals surface area contributed by atoms with E-state index in [2.05, 4.69) is 45.9 Å². The molecule has 2 N–H and O–H groups in total. The van der Waals surface area contributed by atoms with Crippen LogP contribution in [0, 0.1) is 31.6 Å². The molecule has 4 aliphatic heterocycles. The molecule has 0 radical (unpaired) electrons. The van der Waals surface area contributed by atoms with Crippen molar-refractivity contribution in [2.75, 3.05) is 31.5 Å². The van der Waals surface area contributed by atoms with Gasteiger partial charge in [0.15, 0.2) is 0 Å². The number of likely N-dealkylation sites (tertiary alicyclic amines) is 2. The van der Waals surface area contributed by atoms with Crippen LogP contribution in [0.15, 0.2) is 60.7 Å². The number of benzene rings is 2. The highest BCUT2D eigenvalue weighted by atomic mass is 16.5. The third-order valence-electron chi connectivity index (χ3n) is 11.6. The standard InChI is InChI=1S/C39H50N4O4/c1-26-14-15-31(24-27(26)2)41-36(44)33-32-16-19-39(47-32)34(33)38(46)43(35(39)37(45)40-30-12-7-4-8-13-30)21-9-20-42-22-17-29(18-23-42)25-28-10-5-3-6-11-28/h3,5-6,10-11,14-16,19,24,29-30,32-35H,4,7-9,12-13,17-18,20-23,25H2,1-2H3,(H,40,45)(H,41,44)/t32-,33?,34-,35?,39?/m1/s1. The molecule has 2 aromatic rings. The zero-order valence-electron chi connectivity index (χ0n) is 28.0. The lowest BCUT2D eigenvalue weighted by Crippen LogP contribution is -2.56. The van der Waals surface area contributed by atoms with Crippen LogP contribution in [-0.4, -0.2) is 77.5 Å². The van der Waals surface area contributed by atoms with E-state index in [-0.39, 0.29) is 23.8 Å². The van der Waals surface area contributed by atoms with Gasteiger partial charge < -0.3 is 25.2 Å². The fourth-order valence-corrected chi connectivity index (χ4v) is 8.91. The first-order chi connectivity index (χ1) is 22.8. The summed E-state index contributed by atoms with van der Waals surface area (Å²) in [5.41, 5.74) is 3.23. The molecule has 2 aromatic carbocycles.